The molecule has 154 valence electrons. The van der Waals surface area contributed by atoms with Gasteiger partial charge in [0, 0.05) is 29.6 Å². The second-order valence-electron chi connectivity index (χ2n) is 6.01. The number of ether oxygens (including phenoxy) is 1. The summed E-state index contributed by atoms with van der Waals surface area (Å²) >= 11 is 1.06. The smallest absolute Gasteiger partial charge is 0.258 e. The van der Waals surface area contributed by atoms with Crippen LogP contribution in [0.2, 0.25) is 0 Å². The number of H-pyrrole nitrogens is 1. The number of aromatic amines is 1. The Bertz CT molecular complexity index is 1470. The molecular formula is C21H10FN7O2S. The molecule has 3 heterocycles. The zero-order valence-corrected chi connectivity index (χ0v) is 17.0. The van der Waals surface area contributed by atoms with Crippen LogP contribution in [0.15, 0.2) is 53.7 Å². The first kappa shape index (κ1) is 20.5. The molecular weight excluding hydrogens is 433 g/mol. The maximum Gasteiger partial charge on any atom is 0.258 e. The van der Waals surface area contributed by atoms with Gasteiger partial charge >= 0.3 is 0 Å². The topological polar surface area (TPSA) is 129 Å². The van der Waals surface area contributed by atoms with Gasteiger partial charge in [-0.3, -0.25) is 20.2 Å². The average molecular weight is 443 g/mol. The minimum atomic E-state index is -0.650. The van der Waals surface area contributed by atoms with E-state index in [4.69, 9.17) is 10.00 Å². The average Bonchev–Trinajstić information content (AvgIpc) is 3.46. The molecule has 0 spiro atoms. The number of aromatic nitrogens is 5. The zero-order valence-electron chi connectivity index (χ0n) is 16.2. The standard InChI is InChI=1S/C21H10FN7O2S/c1-31-18-4-2-12(22)8-16(18)17-11-24-7-6-15(17)20(30)25-21-29-28-19(32-21)5-3-13-9-14(10-23)27-26-13/h6-9,11H,1H3,(H,26,27)(H,25,29,30). The molecule has 3 aromatic heterocycles. The van der Waals surface area contributed by atoms with Crippen molar-refractivity contribution in [2.45, 2.75) is 0 Å². The van der Waals surface area contributed by atoms with Crippen LogP contribution in [0.5, 0.6) is 0 Å². The van der Waals surface area contributed by atoms with Crippen LogP contribution in [0, 0.1) is 23.2 Å². The number of pyridine rings is 1. The molecule has 0 fully saturated rings. The van der Waals surface area contributed by atoms with E-state index in [1.165, 1.54) is 37.7 Å². The third-order valence-electron chi connectivity index (χ3n) is 4.01. The van der Waals surface area contributed by atoms with Crippen LogP contribution in [0.3, 0.4) is 0 Å². The van der Waals surface area contributed by atoms with E-state index in [9.17, 15) is 9.18 Å². The number of halogens is 1. The molecule has 0 unspecified atom stereocenters. The predicted molar refractivity (Wildman–Crippen MR) is 112 cm³/mol. The van der Waals surface area contributed by atoms with Gasteiger partial charge in [-0.2, -0.15) is 14.8 Å². The number of carbonyl (C=O) groups is 1. The van der Waals surface area contributed by atoms with Crippen LogP contribution in [-0.2, 0) is 4.74 Å². The predicted octanol–water partition coefficient (Wildman–Crippen LogP) is 2.71. The first-order valence-electron chi connectivity index (χ1n) is 8.81. The number of nitrogens with zero attached hydrogens (tertiary/aromatic N) is 5. The van der Waals surface area contributed by atoms with E-state index in [0.29, 0.717) is 21.8 Å². The first-order valence-corrected chi connectivity index (χ1v) is 9.63. The van der Waals surface area contributed by atoms with Crippen molar-refractivity contribution in [3.8, 4) is 17.9 Å². The molecule has 9 nitrogen and oxygen atoms in total. The van der Waals surface area contributed by atoms with Crippen LogP contribution < -0.4 is 5.32 Å². The molecule has 0 atom stereocenters. The highest BCUT2D eigenvalue weighted by Crippen LogP contribution is 2.29. The van der Waals surface area contributed by atoms with Crippen LogP contribution in [0.4, 0.5) is 9.52 Å². The normalized spacial score (nSPS) is 12.0. The summed E-state index contributed by atoms with van der Waals surface area (Å²) in [4.78, 5) is 16.9. The maximum atomic E-state index is 13.8. The van der Waals surface area contributed by atoms with Crippen LogP contribution in [-0.4, -0.2) is 38.4 Å². The van der Waals surface area contributed by atoms with Crippen molar-refractivity contribution in [2.24, 2.45) is 0 Å². The monoisotopic (exact) mass is 443 g/mol. The molecule has 4 rings (SSSR count). The van der Waals surface area contributed by atoms with Crippen LogP contribution in [0.1, 0.15) is 32.3 Å². The van der Waals surface area contributed by atoms with Crippen molar-refractivity contribution in [1.29, 1.82) is 5.26 Å². The molecule has 1 amide bonds. The Balaban J connectivity index is 1.55. The lowest BCUT2D eigenvalue weighted by molar-refractivity contribution is 0.102. The number of methoxy groups -OCH3 is 1. The summed E-state index contributed by atoms with van der Waals surface area (Å²) in [5.41, 5.74) is 6.40. The SMILES string of the molecule is COC1=C=C=C(F)C=C1c1cnccc1C(=O)Nc1nnc(C#Cc2cc(C#N)n[nH]2)s1. The lowest BCUT2D eigenvalue weighted by Crippen LogP contribution is -2.15. The van der Waals surface area contributed by atoms with E-state index in [-0.39, 0.29) is 22.1 Å². The van der Waals surface area contributed by atoms with Gasteiger partial charge in [0.1, 0.15) is 11.8 Å². The number of nitriles is 1. The highest BCUT2D eigenvalue weighted by molar-refractivity contribution is 7.15. The highest BCUT2D eigenvalue weighted by atomic mass is 32.1. The summed E-state index contributed by atoms with van der Waals surface area (Å²) in [6, 6.07) is 4.88. The number of nitrogens with one attached hydrogen (secondary N) is 2. The summed E-state index contributed by atoms with van der Waals surface area (Å²) in [7, 11) is 1.41. The van der Waals surface area contributed by atoms with Crippen molar-refractivity contribution in [3.63, 3.8) is 0 Å². The fraction of sp³-hybridized carbons (Fsp3) is 0.0476. The Morgan fingerprint density at radius 3 is 3.00 bits per heavy atom. The largest absolute Gasteiger partial charge is 0.488 e. The van der Waals surface area contributed by atoms with Gasteiger partial charge < -0.3 is 4.74 Å². The Morgan fingerprint density at radius 2 is 2.22 bits per heavy atom. The lowest BCUT2D eigenvalue weighted by atomic mass is 9.98. The van der Waals surface area contributed by atoms with E-state index in [2.05, 4.69) is 54.0 Å². The Morgan fingerprint density at radius 1 is 1.34 bits per heavy atom. The number of rotatable bonds is 4. The molecule has 0 aliphatic heterocycles. The minimum absolute atomic E-state index is 0.218. The van der Waals surface area contributed by atoms with Gasteiger partial charge in [0.2, 0.25) is 5.13 Å². The third-order valence-corrected chi connectivity index (χ3v) is 4.77. The van der Waals surface area contributed by atoms with E-state index >= 15 is 0 Å². The van der Waals surface area contributed by atoms with Gasteiger partial charge in [0.15, 0.2) is 22.3 Å². The van der Waals surface area contributed by atoms with E-state index in [1.54, 1.807) is 0 Å². The maximum absolute atomic E-state index is 13.8. The van der Waals surface area contributed by atoms with Gasteiger partial charge in [-0.1, -0.05) is 11.3 Å². The Labute approximate surface area is 184 Å². The molecule has 0 saturated carbocycles. The lowest BCUT2D eigenvalue weighted by Gasteiger charge is -2.13. The second kappa shape index (κ2) is 8.92. The Kier molecular flexibility index (Phi) is 5.71. The van der Waals surface area contributed by atoms with Crippen LogP contribution >= 0.6 is 11.3 Å². The molecule has 32 heavy (non-hydrogen) atoms. The van der Waals surface area contributed by atoms with Gasteiger partial charge in [-0.25, -0.2) is 0 Å². The van der Waals surface area contributed by atoms with Gasteiger partial charge in [0.25, 0.3) is 5.91 Å². The fourth-order valence-electron chi connectivity index (χ4n) is 2.63. The first-order chi connectivity index (χ1) is 15.6. The van der Waals surface area contributed by atoms with E-state index in [0.717, 1.165) is 11.3 Å². The number of carbonyl (C=O) groups excluding carboxylic acids is 1. The molecule has 3 aromatic rings. The number of anilines is 1. The van der Waals surface area contributed by atoms with Crippen molar-refractivity contribution >= 4 is 27.9 Å². The van der Waals surface area contributed by atoms with Gasteiger partial charge in [-0.15, -0.1) is 10.2 Å². The van der Waals surface area contributed by atoms with E-state index in [1.807, 2.05) is 6.07 Å². The molecule has 1 aliphatic rings. The molecule has 0 bridgehead atoms. The minimum Gasteiger partial charge on any atom is -0.488 e. The van der Waals surface area contributed by atoms with Crippen molar-refractivity contribution in [3.05, 3.63) is 81.2 Å². The quantitative estimate of drug-likeness (QED) is 0.468. The molecule has 0 aromatic carbocycles. The molecule has 2 N–H and O–H groups in total. The van der Waals surface area contributed by atoms with Crippen molar-refractivity contribution in [1.82, 2.24) is 25.4 Å². The molecule has 0 saturated heterocycles. The van der Waals surface area contributed by atoms with Crippen molar-refractivity contribution < 1.29 is 13.9 Å². The summed E-state index contributed by atoms with van der Waals surface area (Å²) < 4.78 is 19.0. The highest BCUT2D eigenvalue weighted by Gasteiger charge is 2.20. The number of hydrogen-bond acceptors (Lipinski definition) is 8. The number of amides is 1. The summed E-state index contributed by atoms with van der Waals surface area (Å²) in [5, 5.41) is 26.2. The second-order valence-corrected chi connectivity index (χ2v) is 6.98. The van der Waals surface area contributed by atoms with Crippen molar-refractivity contribution in [2.75, 3.05) is 12.4 Å². The van der Waals surface area contributed by atoms with Gasteiger partial charge in [-0.05, 0) is 35.4 Å². The number of hydrogen-bond donors (Lipinski definition) is 2. The zero-order chi connectivity index (χ0) is 22.5. The van der Waals surface area contributed by atoms with E-state index < -0.39 is 11.7 Å². The molecule has 11 heteroatoms. The summed E-state index contributed by atoms with van der Waals surface area (Å²) in [6.45, 7) is 0. The Hall–Kier alpha value is -4.79. The third kappa shape index (κ3) is 4.36. The van der Waals surface area contributed by atoms with Crippen LogP contribution in [0.25, 0.3) is 5.57 Å². The fourth-order valence-corrected chi connectivity index (χ4v) is 3.23. The summed E-state index contributed by atoms with van der Waals surface area (Å²) in [6.07, 6.45) is 4.06. The molecule has 1 aliphatic carbocycles. The number of allylic oxidation sites excluding steroid dienone is 3. The molecule has 0 radical (unpaired) electrons. The summed E-state index contributed by atoms with van der Waals surface area (Å²) in [5.74, 6) is 4.62. The van der Waals surface area contributed by atoms with Gasteiger partial charge in [0.05, 0.1) is 12.7 Å².